The third kappa shape index (κ3) is 4.56. The fourth-order valence-electron chi connectivity index (χ4n) is 6.52. The van der Waals surface area contributed by atoms with Crippen LogP contribution in [0.4, 0.5) is 14.6 Å². The third-order valence-electron chi connectivity index (χ3n) is 8.72. The number of pyridine rings is 2. The zero-order chi connectivity index (χ0) is 32.4. The summed E-state index contributed by atoms with van der Waals surface area (Å²) in [6.07, 6.45) is 4.62. The van der Waals surface area contributed by atoms with Gasteiger partial charge in [0.1, 0.15) is 28.8 Å². The molecule has 11 nitrogen and oxygen atoms in total. The molecule has 1 fully saturated rings. The SMILES string of the molecule is C=CC(=O)N1C[C@H](C)N(c2nc(=O)n3c4nc(c(F)cc24)-c2c(F)cccc2Cn2cc(nn2)-c2ccnc(C(C)C)c2-3)C[C@H]1C. The monoisotopic (exact) mass is 623 g/mol. The summed E-state index contributed by atoms with van der Waals surface area (Å²) in [6.45, 7) is 12.1. The van der Waals surface area contributed by atoms with Gasteiger partial charge in [-0.05, 0) is 49.6 Å². The van der Waals surface area contributed by atoms with Crippen LogP contribution >= 0.6 is 0 Å². The average molecular weight is 624 g/mol. The van der Waals surface area contributed by atoms with E-state index in [2.05, 4.69) is 26.9 Å². The molecular formula is C33H31F2N9O2. The van der Waals surface area contributed by atoms with Gasteiger partial charge in [0.15, 0.2) is 5.65 Å². The van der Waals surface area contributed by atoms with Crippen molar-refractivity contribution < 1.29 is 13.6 Å². The second kappa shape index (κ2) is 10.9. The highest BCUT2D eigenvalue weighted by atomic mass is 19.1. The first-order chi connectivity index (χ1) is 22.1. The van der Waals surface area contributed by atoms with Crippen molar-refractivity contribution in [2.75, 3.05) is 18.0 Å². The highest BCUT2D eigenvalue weighted by Crippen LogP contribution is 2.38. The number of carbonyl (C=O) groups excluding carboxylic acids is 1. The Morgan fingerprint density at radius 3 is 2.65 bits per heavy atom. The molecule has 0 spiro atoms. The molecule has 0 N–H and O–H groups in total. The van der Waals surface area contributed by atoms with Gasteiger partial charge in [-0.3, -0.25) is 9.78 Å². The van der Waals surface area contributed by atoms with Gasteiger partial charge in [-0.2, -0.15) is 4.98 Å². The molecule has 0 saturated carbocycles. The molecule has 2 atom stereocenters. The summed E-state index contributed by atoms with van der Waals surface area (Å²) in [4.78, 5) is 44.4. The molecule has 7 rings (SSSR count). The highest BCUT2D eigenvalue weighted by molar-refractivity contribution is 5.92. The molecule has 0 aliphatic carbocycles. The molecule has 6 heterocycles. The van der Waals surface area contributed by atoms with Crippen molar-refractivity contribution in [2.24, 2.45) is 0 Å². The largest absolute Gasteiger partial charge is 0.355 e. The van der Waals surface area contributed by atoms with Gasteiger partial charge in [0.2, 0.25) is 5.91 Å². The van der Waals surface area contributed by atoms with Crippen LogP contribution in [0.3, 0.4) is 0 Å². The van der Waals surface area contributed by atoms with Crippen LogP contribution < -0.4 is 10.6 Å². The Kier molecular flexibility index (Phi) is 6.98. The molecule has 1 amide bonds. The second-order valence-corrected chi connectivity index (χ2v) is 12.1. The van der Waals surface area contributed by atoms with Crippen LogP contribution in [0.25, 0.3) is 39.2 Å². The van der Waals surface area contributed by atoms with E-state index in [4.69, 9.17) is 4.98 Å². The molecule has 2 aliphatic rings. The maximum absolute atomic E-state index is 16.4. The lowest BCUT2D eigenvalue weighted by molar-refractivity contribution is -0.128. The minimum atomic E-state index is -0.778. The number of carbonyl (C=O) groups is 1. The first-order valence-electron chi connectivity index (χ1n) is 15.1. The first kappa shape index (κ1) is 29.4. The van der Waals surface area contributed by atoms with Crippen molar-refractivity contribution in [3.8, 4) is 28.2 Å². The van der Waals surface area contributed by atoms with E-state index in [1.54, 1.807) is 35.5 Å². The summed E-state index contributed by atoms with van der Waals surface area (Å²) in [5, 5.41) is 8.92. The van der Waals surface area contributed by atoms with Gasteiger partial charge in [-0.25, -0.2) is 27.8 Å². The number of hydrogen-bond donors (Lipinski definition) is 0. The van der Waals surface area contributed by atoms with Gasteiger partial charge < -0.3 is 9.80 Å². The zero-order valence-electron chi connectivity index (χ0n) is 25.8. The maximum Gasteiger partial charge on any atom is 0.355 e. The van der Waals surface area contributed by atoms with E-state index < -0.39 is 17.3 Å². The van der Waals surface area contributed by atoms with E-state index in [-0.39, 0.29) is 58.6 Å². The van der Waals surface area contributed by atoms with Crippen molar-refractivity contribution >= 4 is 22.8 Å². The number of anilines is 1. The first-order valence-corrected chi connectivity index (χ1v) is 15.1. The molecule has 234 valence electrons. The number of rotatable bonds is 3. The molecule has 46 heavy (non-hydrogen) atoms. The van der Waals surface area contributed by atoms with Gasteiger partial charge in [0.25, 0.3) is 0 Å². The normalized spacial score (nSPS) is 17.5. The number of nitrogens with zero attached hydrogens (tertiary/aromatic N) is 9. The number of aromatic nitrogens is 7. The van der Waals surface area contributed by atoms with Gasteiger partial charge in [-0.1, -0.05) is 37.8 Å². The minimum Gasteiger partial charge on any atom is -0.349 e. The van der Waals surface area contributed by atoms with Crippen molar-refractivity contribution in [2.45, 2.75) is 52.2 Å². The number of amides is 1. The summed E-state index contributed by atoms with van der Waals surface area (Å²) >= 11 is 0. The molecule has 1 saturated heterocycles. The topological polar surface area (TPSA) is 115 Å². The fourth-order valence-corrected chi connectivity index (χ4v) is 6.52. The van der Waals surface area contributed by atoms with Crippen molar-refractivity contribution in [3.63, 3.8) is 0 Å². The van der Waals surface area contributed by atoms with E-state index in [1.807, 2.05) is 32.6 Å². The molecule has 1 aromatic carbocycles. The molecule has 5 aromatic rings. The molecule has 4 bridgehead atoms. The van der Waals surface area contributed by atoms with E-state index in [1.165, 1.54) is 27.5 Å². The Hall–Kier alpha value is -5.33. The van der Waals surface area contributed by atoms with E-state index in [0.29, 0.717) is 41.3 Å². The average Bonchev–Trinajstić information content (AvgIpc) is 3.49. The van der Waals surface area contributed by atoms with Crippen LogP contribution in [-0.4, -0.2) is 70.5 Å². The minimum absolute atomic E-state index is 0.0362. The molecular weight excluding hydrogens is 592 g/mol. The number of fused-ring (bicyclic) bond motifs is 8. The Labute approximate surface area is 262 Å². The summed E-state index contributed by atoms with van der Waals surface area (Å²) in [5.74, 6) is -1.56. The van der Waals surface area contributed by atoms with Crippen LogP contribution in [0.2, 0.25) is 0 Å². The Bertz CT molecular complexity index is 2120. The lowest BCUT2D eigenvalue weighted by atomic mass is 10.0. The summed E-state index contributed by atoms with van der Waals surface area (Å²) < 4.78 is 34.9. The maximum atomic E-state index is 16.4. The van der Waals surface area contributed by atoms with E-state index in [9.17, 15) is 9.59 Å². The fraction of sp³-hybridized carbons (Fsp3) is 0.303. The summed E-state index contributed by atoms with van der Waals surface area (Å²) in [5.41, 5.74) is 1.57. The quantitative estimate of drug-likeness (QED) is 0.265. The van der Waals surface area contributed by atoms with Crippen LogP contribution in [0.15, 0.2) is 60.2 Å². The Morgan fingerprint density at radius 2 is 1.89 bits per heavy atom. The van der Waals surface area contributed by atoms with Crippen molar-refractivity contribution in [3.05, 3.63) is 88.8 Å². The van der Waals surface area contributed by atoms with Crippen LogP contribution in [-0.2, 0) is 11.3 Å². The molecule has 13 heteroatoms. The Morgan fingerprint density at radius 1 is 1.09 bits per heavy atom. The molecule has 2 aliphatic heterocycles. The lowest BCUT2D eigenvalue weighted by Gasteiger charge is -2.44. The van der Waals surface area contributed by atoms with Crippen molar-refractivity contribution in [1.29, 1.82) is 0 Å². The van der Waals surface area contributed by atoms with Gasteiger partial charge >= 0.3 is 5.69 Å². The summed E-state index contributed by atoms with van der Waals surface area (Å²) in [6, 6.07) is 6.95. The van der Waals surface area contributed by atoms with E-state index >= 15 is 8.78 Å². The Balaban J connectivity index is 1.59. The second-order valence-electron chi connectivity index (χ2n) is 12.1. The van der Waals surface area contributed by atoms with Gasteiger partial charge in [0, 0.05) is 42.5 Å². The number of hydrogen-bond acceptors (Lipinski definition) is 8. The zero-order valence-corrected chi connectivity index (χ0v) is 25.8. The van der Waals surface area contributed by atoms with Crippen LogP contribution in [0.5, 0.6) is 0 Å². The summed E-state index contributed by atoms with van der Waals surface area (Å²) in [7, 11) is 0. The van der Waals surface area contributed by atoms with Crippen LogP contribution in [0, 0.1) is 11.6 Å². The third-order valence-corrected chi connectivity index (χ3v) is 8.72. The predicted molar refractivity (Wildman–Crippen MR) is 169 cm³/mol. The van der Waals surface area contributed by atoms with Gasteiger partial charge in [-0.15, -0.1) is 5.10 Å². The standard InChI is InChI=1S/C33H31F2N9O2/c1-6-26(45)42-13-19(5)43(14-18(42)4)31-22-12-24(35)29-27-20(8-7-9-23(27)34)15-41-16-25(39-40-41)21-10-11-36-28(17(2)3)30(21)44(32(22)37-29)33(46)38-31/h6-12,16-19H,1,13-15H2,2-5H3/t18-,19+/m1/s1. The smallest absolute Gasteiger partial charge is 0.349 e. The van der Waals surface area contributed by atoms with Crippen LogP contribution in [0.1, 0.15) is 44.9 Å². The molecule has 0 radical (unpaired) electrons. The van der Waals surface area contributed by atoms with E-state index in [0.717, 1.165) is 0 Å². The predicted octanol–water partition coefficient (Wildman–Crippen LogP) is 4.48. The molecule has 0 unspecified atom stereocenters. The number of benzene rings is 1. The van der Waals surface area contributed by atoms with Gasteiger partial charge in [0.05, 0.1) is 29.5 Å². The number of piperazine rings is 1. The lowest BCUT2D eigenvalue weighted by Crippen LogP contribution is -2.58. The number of halogens is 2. The highest BCUT2D eigenvalue weighted by Gasteiger charge is 2.35. The van der Waals surface area contributed by atoms with Crippen molar-refractivity contribution in [1.82, 2.24) is 39.4 Å². The molecule has 4 aromatic heterocycles.